The van der Waals surface area contributed by atoms with Crippen LogP contribution in [0.1, 0.15) is 72.1 Å². The molecule has 3 nitrogen and oxygen atoms in total. The Hall–Kier alpha value is -0.570. The van der Waals surface area contributed by atoms with E-state index in [2.05, 4.69) is 31.0 Å². The van der Waals surface area contributed by atoms with Gasteiger partial charge in [-0.05, 0) is 56.8 Å². The minimum absolute atomic E-state index is 0.0206. The largest absolute Gasteiger partial charge is 0.341 e. The first-order valence-electron chi connectivity index (χ1n) is 9.05. The van der Waals surface area contributed by atoms with Crippen LogP contribution in [0.3, 0.4) is 0 Å². The zero-order valence-electron chi connectivity index (χ0n) is 14.3. The molecule has 0 radical (unpaired) electrons. The number of hydrogen-bond acceptors (Lipinski definition) is 2. The minimum atomic E-state index is -0.0206. The molecule has 1 aliphatic heterocycles. The van der Waals surface area contributed by atoms with Crippen LogP contribution < -0.4 is 5.32 Å². The maximum absolute atomic E-state index is 12.5. The number of hydrogen-bond donors (Lipinski definition) is 1. The maximum Gasteiger partial charge on any atom is 0.239 e. The summed E-state index contributed by atoms with van der Waals surface area (Å²) in [5.41, 5.74) is 0.449. The molecule has 1 atom stereocenters. The van der Waals surface area contributed by atoms with Gasteiger partial charge in [-0.3, -0.25) is 4.79 Å². The fourth-order valence-electron chi connectivity index (χ4n) is 4.29. The van der Waals surface area contributed by atoms with Gasteiger partial charge in [-0.15, -0.1) is 0 Å². The number of nitrogens with one attached hydrogen (secondary N) is 1. The SMILES string of the molecule is CC(C)CC1(CNC(C)C(=O)N2CCCCC2)CCCC1. The van der Waals surface area contributed by atoms with Gasteiger partial charge in [0.05, 0.1) is 6.04 Å². The summed E-state index contributed by atoms with van der Waals surface area (Å²) in [5.74, 6) is 1.06. The van der Waals surface area contributed by atoms with Crippen LogP contribution in [0.4, 0.5) is 0 Å². The number of rotatable bonds is 6. The van der Waals surface area contributed by atoms with E-state index in [9.17, 15) is 4.79 Å². The number of nitrogens with zero attached hydrogens (tertiary/aromatic N) is 1. The lowest BCUT2D eigenvalue weighted by atomic mass is 9.78. The van der Waals surface area contributed by atoms with E-state index in [-0.39, 0.29) is 6.04 Å². The van der Waals surface area contributed by atoms with E-state index >= 15 is 0 Å². The van der Waals surface area contributed by atoms with Crippen molar-refractivity contribution in [3.05, 3.63) is 0 Å². The van der Waals surface area contributed by atoms with E-state index in [0.29, 0.717) is 11.3 Å². The summed E-state index contributed by atoms with van der Waals surface area (Å²) in [6.07, 6.45) is 10.3. The molecular weight excluding hydrogens is 260 g/mol. The third-order valence-electron chi connectivity index (χ3n) is 5.33. The molecule has 1 amide bonds. The Balaban J connectivity index is 1.83. The molecule has 1 N–H and O–H groups in total. The Morgan fingerprint density at radius 3 is 2.24 bits per heavy atom. The summed E-state index contributed by atoms with van der Waals surface area (Å²) in [6, 6.07) is -0.0206. The van der Waals surface area contributed by atoms with Crippen molar-refractivity contribution in [3.8, 4) is 0 Å². The quantitative estimate of drug-likeness (QED) is 0.812. The Morgan fingerprint density at radius 2 is 1.67 bits per heavy atom. The van der Waals surface area contributed by atoms with Gasteiger partial charge in [0.15, 0.2) is 0 Å². The number of carbonyl (C=O) groups excluding carboxylic acids is 1. The molecule has 1 aliphatic carbocycles. The Bertz CT molecular complexity index is 328. The van der Waals surface area contributed by atoms with Gasteiger partial charge in [-0.2, -0.15) is 0 Å². The Labute approximate surface area is 130 Å². The van der Waals surface area contributed by atoms with Crippen LogP contribution in [-0.2, 0) is 4.79 Å². The molecule has 1 heterocycles. The van der Waals surface area contributed by atoms with E-state index < -0.39 is 0 Å². The second-order valence-corrected chi connectivity index (χ2v) is 7.79. The first kappa shape index (κ1) is 16.8. The molecular formula is C18H34N2O. The second-order valence-electron chi connectivity index (χ2n) is 7.79. The van der Waals surface area contributed by atoms with Crippen molar-refractivity contribution in [1.82, 2.24) is 10.2 Å². The highest BCUT2D eigenvalue weighted by Gasteiger charge is 2.35. The van der Waals surface area contributed by atoms with E-state index in [1.54, 1.807) is 0 Å². The predicted octanol–water partition coefficient (Wildman–Crippen LogP) is 3.58. The Kier molecular flexibility index (Phi) is 6.09. The highest BCUT2D eigenvalue weighted by atomic mass is 16.2. The smallest absolute Gasteiger partial charge is 0.239 e. The van der Waals surface area contributed by atoms with Gasteiger partial charge in [0.25, 0.3) is 0 Å². The highest BCUT2D eigenvalue weighted by Crippen LogP contribution is 2.42. The topological polar surface area (TPSA) is 32.3 Å². The van der Waals surface area contributed by atoms with Crippen LogP contribution >= 0.6 is 0 Å². The summed E-state index contributed by atoms with van der Waals surface area (Å²) in [7, 11) is 0. The van der Waals surface area contributed by atoms with E-state index in [0.717, 1.165) is 25.6 Å². The molecule has 1 unspecified atom stereocenters. The zero-order valence-corrected chi connectivity index (χ0v) is 14.3. The van der Waals surface area contributed by atoms with Crippen molar-refractivity contribution < 1.29 is 4.79 Å². The molecule has 122 valence electrons. The Morgan fingerprint density at radius 1 is 1.05 bits per heavy atom. The lowest BCUT2D eigenvalue weighted by Gasteiger charge is -2.34. The highest BCUT2D eigenvalue weighted by molar-refractivity contribution is 5.81. The second kappa shape index (κ2) is 7.62. The van der Waals surface area contributed by atoms with Gasteiger partial charge >= 0.3 is 0 Å². The van der Waals surface area contributed by atoms with Crippen molar-refractivity contribution in [3.63, 3.8) is 0 Å². The van der Waals surface area contributed by atoms with Crippen molar-refractivity contribution in [1.29, 1.82) is 0 Å². The lowest BCUT2D eigenvalue weighted by Crippen LogP contribution is -2.49. The molecule has 21 heavy (non-hydrogen) atoms. The monoisotopic (exact) mass is 294 g/mol. The minimum Gasteiger partial charge on any atom is -0.341 e. The van der Waals surface area contributed by atoms with Gasteiger partial charge in [0.2, 0.25) is 5.91 Å². The first-order valence-corrected chi connectivity index (χ1v) is 9.05. The van der Waals surface area contributed by atoms with Crippen LogP contribution in [0, 0.1) is 11.3 Å². The predicted molar refractivity (Wildman–Crippen MR) is 88.3 cm³/mol. The number of piperidine rings is 1. The summed E-state index contributed by atoms with van der Waals surface area (Å²) >= 11 is 0. The summed E-state index contributed by atoms with van der Waals surface area (Å²) in [6.45, 7) is 9.63. The van der Waals surface area contributed by atoms with Gasteiger partial charge in [-0.25, -0.2) is 0 Å². The van der Waals surface area contributed by atoms with Crippen LogP contribution in [-0.4, -0.2) is 36.5 Å². The molecule has 0 aromatic heterocycles. The van der Waals surface area contributed by atoms with Gasteiger partial charge in [0, 0.05) is 19.6 Å². The molecule has 0 bridgehead atoms. The molecule has 0 aromatic carbocycles. The molecule has 1 saturated heterocycles. The molecule has 2 rings (SSSR count). The van der Waals surface area contributed by atoms with Crippen LogP contribution in [0.15, 0.2) is 0 Å². The molecule has 3 heteroatoms. The normalized spacial score (nSPS) is 23.5. The summed E-state index contributed by atoms with van der Waals surface area (Å²) < 4.78 is 0. The molecule has 2 aliphatic rings. The molecule has 0 aromatic rings. The van der Waals surface area contributed by atoms with Crippen molar-refractivity contribution in [2.24, 2.45) is 11.3 Å². The van der Waals surface area contributed by atoms with Crippen LogP contribution in [0.2, 0.25) is 0 Å². The third kappa shape index (κ3) is 4.70. The fraction of sp³-hybridized carbons (Fsp3) is 0.944. The number of amides is 1. The number of likely N-dealkylation sites (tertiary alicyclic amines) is 1. The van der Waals surface area contributed by atoms with Crippen molar-refractivity contribution in [2.45, 2.75) is 78.2 Å². The maximum atomic E-state index is 12.5. The summed E-state index contributed by atoms with van der Waals surface area (Å²) in [5, 5.41) is 3.58. The average molecular weight is 294 g/mol. The van der Waals surface area contributed by atoms with Crippen molar-refractivity contribution >= 4 is 5.91 Å². The third-order valence-corrected chi connectivity index (χ3v) is 5.33. The standard InChI is InChI=1S/C18H34N2O/c1-15(2)13-18(9-5-6-10-18)14-19-16(3)17(21)20-11-7-4-8-12-20/h15-16,19H,4-14H2,1-3H3. The zero-order chi connectivity index (χ0) is 15.3. The number of carbonyl (C=O) groups is 1. The molecule has 1 saturated carbocycles. The van der Waals surface area contributed by atoms with Crippen molar-refractivity contribution in [2.75, 3.05) is 19.6 Å². The molecule has 0 spiro atoms. The molecule has 2 fully saturated rings. The van der Waals surface area contributed by atoms with Gasteiger partial charge < -0.3 is 10.2 Å². The average Bonchev–Trinajstić information content (AvgIpc) is 2.93. The van der Waals surface area contributed by atoms with Crippen LogP contribution in [0.5, 0.6) is 0 Å². The van der Waals surface area contributed by atoms with Crippen LogP contribution in [0.25, 0.3) is 0 Å². The summed E-state index contributed by atoms with van der Waals surface area (Å²) in [4.78, 5) is 14.6. The van der Waals surface area contributed by atoms with Gasteiger partial charge in [0.1, 0.15) is 0 Å². The fourth-order valence-corrected chi connectivity index (χ4v) is 4.29. The van der Waals surface area contributed by atoms with Gasteiger partial charge in [-0.1, -0.05) is 26.7 Å². The van der Waals surface area contributed by atoms with E-state index in [4.69, 9.17) is 0 Å². The van der Waals surface area contributed by atoms with E-state index in [1.165, 1.54) is 51.4 Å². The first-order chi connectivity index (χ1) is 10.0. The van der Waals surface area contributed by atoms with E-state index in [1.807, 2.05) is 0 Å². The lowest BCUT2D eigenvalue weighted by molar-refractivity contribution is -0.134.